The molecule has 0 aromatic heterocycles. The second kappa shape index (κ2) is 5.90. The standard InChI is InChI=1S/C13H13N3O4S/c1-10-2-8-13(9-3-10)21(19,20)15-14-11-4-6-12(7-5-11)16(17)18/h2-9,14-15H,1H3. The Labute approximate surface area is 121 Å². The van der Waals surface area contributed by atoms with Crippen LogP contribution in [0.3, 0.4) is 0 Å². The summed E-state index contributed by atoms with van der Waals surface area (Å²) in [4.78, 5) is 12.3. The minimum atomic E-state index is -3.70. The van der Waals surface area contributed by atoms with Crippen LogP contribution in [0.15, 0.2) is 53.4 Å². The predicted octanol–water partition coefficient (Wildman–Crippen LogP) is 2.21. The van der Waals surface area contributed by atoms with Gasteiger partial charge in [-0.05, 0) is 31.2 Å². The zero-order valence-corrected chi connectivity index (χ0v) is 11.9. The van der Waals surface area contributed by atoms with Gasteiger partial charge in [-0.15, -0.1) is 4.83 Å². The van der Waals surface area contributed by atoms with Gasteiger partial charge in [-0.2, -0.15) is 0 Å². The van der Waals surface area contributed by atoms with E-state index < -0.39 is 14.9 Å². The molecule has 0 unspecified atom stereocenters. The third-order valence-corrected chi connectivity index (χ3v) is 4.00. The quantitative estimate of drug-likeness (QED) is 0.651. The molecule has 0 saturated carbocycles. The van der Waals surface area contributed by atoms with Gasteiger partial charge in [0.25, 0.3) is 15.7 Å². The smallest absolute Gasteiger partial charge is 0.269 e. The molecule has 0 atom stereocenters. The van der Waals surface area contributed by atoms with Crippen LogP contribution in [0.1, 0.15) is 5.56 Å². The highest BCUT2D eigenvalue weighted by Gasteiger charge is 2.13. The van der Waals surface area contributed by atoms with Crippen molar-refractivity contribution in [3.8, 4) is 0 Å². The highest BCUT2D eigenvalue weighted by Crippen LogP contribution is 2.15. The van der Waals surface area contributed by atoms with E-state index in [4.69, 9.17) is 0 Å². The van der Waals surface area contributed by atoms with Crippen LogP contribution in [0, 0.1) is 17.0 Å². The average molecular weight is 307 g/mol. The van der Waals surface area contributed by atoms with E-state index in [1.54, 1.807) is 12.1 Å². The first-order valence-corrected chi connectivity index (χ1v) is 7.46. The Morgan fingerprint density at radius 2 is 1.57 bits per heavy atom. The van der Waals surface area contributed by atoms with E-state index in [9.17, 15) is 18.5 Å². The molecular formula is C13H13N3O4S. The lowest BCUT2D eigenvalue weighted by atomic mass is 10.2. The van der Waals surface area contributed by atoms with Crippen molar-refractivity contribution in [2.24, 2.45) is 0 Å². The molecule has 0 saturated heterocycles. The SMILES string of the molecule is Cc1ccc(S(=O)(=O)NNc2ccc([N+](=O)[O-])cc2)cc1. The Kier molecular flexibility index (Phi) is 4.20. The van der Waals surface area contributed by atoms with E-state index in [2.05, 4.69) is 10.3 Å². The maximum Gasteiger partial charge on any atom is 0.269 e. The summed E-state index contributed by atoms with van der Waals surface area (Å²) < 4.78 is 24.0. The Morgan fingerprint density at radius 3 is 2.10 bits per heavy atom. The molecule has 2 rings (SSSR count). The van der Waals surface area contributed by atoms with Crippen LogP contribution in [0.4, 0.5) is 11.4 Å². The van der Waals surface area contributed by atoms with Crippen molar-refractivity contribution in [2.45, 2.75) is 11.8 Å². The fraction of sp³-hybridized carbons (Fsp3) is 0.0769. The van der Waals surface area contributed by atoms with Gasteiger partial charge in [0.1, 0.15) is 0 Å². The van der Waals surface area contributed by atoms with Gasteiger partial charge in [-0.25, -0.2) is 8.42 Å². The van der Waals surface area contributed by atoms with Crippen molar-refractivity contribution in [2.75, 3.05) is 5.43 Å². The van der Waals surface area contributed by atoms with Gasteiger partial charge in [-0.3, -0.25) is 10.1 Å². The molecule has 2 aromatic carbocycles. The summed E-state index contributed by atoms with van der Waals surface area (Å²) in [5.41, 5.74) is 3.79. The molecule has 0 aliphatic carbocycles. The van der Waals surface area contributed by atoms with Crippen LogP contribution in [-0.2, 0) is 10.0 Å². The van der Waals surface area contributed by atoms with Crippen LogP contribution in [0.5, 0.6) is 0 Å². The topological polar surface area (TPSA) is 101 Å². The van der Waals surface area contributed by atoms with Gasteiger partial charge in [0.05, 0.1) is 15.5 Å². The van der Waals surface area contributed by atoms with Gasteiger partial charge in [-0.1, -0.05) is 17.7 Å². The van der Waals surface area contributed by atoms with E-state index >= 15 is 0 Å². The molecule has 0 fully saturated rings. The fourth-order valence-corrected chi connectivity index (χ4v) is 2.43. The number of rotatable bonds is 5. The molecule has 0 bridgehead atoms. The third kappa shape index (κ3) is 3.77. The van der Waals surface area contributed by atoms with Gasteiger partial charge < -0.3 is 5.43 Å². The Hall–Kier alpha value is -2.45. The number of nitrogens with one attached hydrogen (secondary N) is 2. The number of hydrogen-bond donors (Lipinski definition) is 2. The number of anilines is 1. The largest absolute Gasteiger partial charge is 0.308 e. The number of nitro groups is 1. The lowest BCUT2D eigenvalue weighted by Gasteiger charge is -2.09. The maximum atomic E-state index is 12.0. The highest BCUT2D eigenvalue weighted by molar-refractivity contribution is 7.89. The van der Waals surface area contributed by atoms with Crippen molar-refractivity contribution in [3.63, 3.8) is 0 Å². The summed E-state index contributed by atoms with van der Waals surface area (Å²) in [6.45, 7) is 1.86. The van der Waals surface area contributed by atoms with E-state index in [0.29, 0.717) is 5.69 Å². The maximum absolute atomic E-state index is 12.0. The lowest BCUT2D eigenvalue weighted by molar-refractivity contribution is -0.384. The molecular weight excluding hydrogens is 294 g/mol. The number of nitrogens with zero attached hydrogens (tertiary/aromatic N) is 1. The zero-order valence-electron chi connectivity index (χ0n) is 11.1. The number of sulfonamides is 1. The molecule has 110 valence electrons. The molecule has 0 radical (unpaired) electrons. The third-order valence-electron chi connectivity index (χ3n) is 2.74. The molecule has 7 nitrogen and oxygen atoms in total. The highest BCUT2D eigenvalue weighted by atomic mass is 32.2. The normalized spacial score (nSPS) is 11.1. The van der Waals surface area contributed by atoms with Gasteiger partial charge in [0, 0.05) is 12.1 Å². The second-order valence-corrected chi connectivity index (χ2v) is 6.03. The summed E-state index contributed by atoms with van der Waals surface area (Å²) in [6, 6.07) is 11.8. The van der Waals surface area contributed by atoms with E-state index in [-0.39, 0.29) is 10.6 Å². The summed E-state index contributed by atoms with van der Waals surface area (Å²) in [5.74, 6) is 0. The monoisotopic (exact) mass is 307 g/mol. The molecule has 8 heteroatoms. The second-order valence-electron chi connectivity index (χ2n) is 4.35. The summed E-state index contributed by atoms with van der Waals surface area (Å²) >= 11 is 0. The van der Waals surface area contributed by atoms with Gasteiger partial charge in [0.15, 0.2) is 0 Å². The first-order chi connectivity index (χ1) is 9.88. The Bertz CT molecular complexity index is 740. The van der Waals surface area contributed by atoms with Crippen molar-refractivity contribution < 1.29 is 13.3 Å². The number of hydrazine groups is 1. The Balaban J connectivity index is 2.08. The average Bonchev–Trinajstić information content (AvgIpc) is 2.46. The fourth-order valence-electron chi connectivity index (χ4n) is 1.57. The molecule has 0 aliphatic rings. The number of hydrogen-bond acceptors (Lipinski definition) is 5. The molecule has 2 N–H and O–H groups in total. The summed E-state index contributed by atoms with van der Waals surface area (Å²) in [7, 11) is -3.70. The van der Waals surface area contributed by atoms with Crippen LogP contribution < -0.4 is 10.3 Å². The first-order valence-electron chi connectivity index (χ1n) is 5.97. The van der Waals surface area contributed by atoms with E-state index in [0.717, 1.165) is 5.56 Å². The van der Waals surface area contributed by atoms with Gasteiger partial charge >= 0.3 is 0 Å². The van der Waals surface area contributed by atoms with Crippen LogP contribution in [-0.4, -0.2) is 13.3 Å². The number of benzene rings is 2. The van der Waals surface area contributed by atoms with Crippen molar-refractivity contribution in [3.05, 3.63) is 64.2 Å². The molecule has 0 heterocycles. The molecule has 0 spiro atoms. The van der Waals surface area contributed by atoms with Crippen LogP contribution in [0.2, 0.25) is 0 Å². The molecule has 0 aliphatic heterocycles. The van der Waals surface area contributed by atoms with Crippen LogP contribution >= 0.6 is 0 Å². The van der Waals surface area contributed by atoms with Gasteiger partial charge in [0.2, 0.25) is 0 Å². The Morgan fingerprint density at radius 1 is 1.00 bits per heavy atom. The number of aryl methyl sites for hydroxylation is 1. The molecule has 21 heavy (non-hydrogen) atoms. The van der Waals surface area contributed by atoms with Crippen LogP contribution in [0.25, 0.3) is 0 Å². The summed E-state index contributed by atoms with van der Waals surface area (Å²) in [6.07, 6.45) is 0. The summed E-state index contributed by atoms with van der Waals surface area (Å²) in [5, 5.41) is 10.5. The van der Waals surface area contributed by atoms with Crippen molar-refractivity contribution >= 4 is 21.4 Å². The number of nitro benzene ring substituents is 1. The lowest BCUT2D eigenvalue weighted by Crippen LogP contribution is -2.29. The minimum absolute atomic E-state index is 0.0676. The van der Waals surface area contributed by atoms with E-state index in [1.165, 1.54) is 36.4 Å². The first kappa shape index (κ1) is 14.9. The minimum Gasteiger partial charge on any atom is -0.308 e. The molecule has 2 aromatic rings. The molecule has 0 amide bonds. The predicted molar refractivity (Wildman–Crippen MR) is 78.2 cm³/mol. The van der Waals surface area contributed by atoms with E-state index in [1.807, 2.05) is 6.92 Å². The van der Waals surface area contributed by atoms with Crippen molar-refractivity contribution in [1.82, 2.24) is 4.83 Å². The van der Waals surface area contributed by atoms with Crippen molar-refractivity contribution in [1.29, 1.82) is 0 Å². The number of non-ortho nitro benzene ring substituents is 1. The zero-order chi connectivity index (χ0) is 15.5.